The van der Waals surface area contributed by atoms with Crippen molar-refractivity contribution in [3.63, 3.8) is 0 Å². The predicted molar refractivity (Wildman–Crippen MR) is 143 cm³/mol. The Balaban J connectivity index is 1.70. The molecule has 2 N–H and O–H groups in total. The number of aryl methyl sites for hydroxylation is 2. The summed E-state index contributed by atoms with van der Waals surface area (Å²) in [6, 6.07) is 16.2. The summed E-state index contributed by atoms with van der Waals surface area (Å²) in [5, 5.41) is 7.54. The summed E-state index contributed by atoms with van der Waals surface area (Å²) in [7, 11) is 1.52. The molecule has 0 radical (unpaired) electrons. The van der Waals surface area contributed by atoms with Crippen LogP contribution in [0, 0.1) is 0 Å². The van der Waals surface area contributed by atoms with Gasteiger partial charge in [0.05, 0.1) is 23.4 Å². The zero-order valence-electron chi connectivity index (χ0n) is 20.2. The maximum Gasteiger partial charge on any atom is 0.329 e. The van der Waals surface area contributed by atoms with Crippen LogP contribution in [-0.4, -0.2) is 25.1 Å². The van der Waals surface area contributed by atoms with Crippen molar-refractivity contribution in [2.45, 2.75) is 33.3 Å². The van der Waals surface area contributed by atoms with Gasteiger partial charge in [-0.25, -0.2) is 5.43 Å². The van der Waals surface area contributed by atoms with Gasteiger partial charge in [-0.1, -0.05) is 67.4 Å². The molecular weight excluding hydrogens is 501 g/mol. The van der Waals surface area contributed by atoms with E-state index in [4.69, 9.17) is 32.7 Å². The highest BCUT2D eigenvalue weighted by Gasteiger charge is 2.17. The van der Waals surface area contributed by atoms with Crippen LogP contribution in [0.4, 0.5) is 5.69 Å². The van der Waals surface area contributed by atoms with Gasteiger partial charge in [-0.15, -0.1) is 0 Å². The number of nitrogens with zero attached hydrogens (tertiary/aromatic N) is 1. The van der Waals surface area contributed by atoms with Crippen LogP contribution in [0.5, 0.6) is 11.5 Å². The summed E-state index contributed by atoms with van der Waals surface area (Å²) in [5.74, 6) is -0.797. The number of amides is 2. The molecule has 3 rings (SSSR count). The Labute approximate surface area is 220 Å². The summed E-state index contributed by atoms with van der Waals surface area (Å²) in [5.41, 5.74) is 6.20. The van der Waals surface area contributed by atoms with E-state index >= 15 is 0 Å². The van der Waals surface area contributed by atoms with Gasteiger partial charge < -0.3 is 14.8 Å². The summed E-state index contributed by atoms with van der Waals surface area (Å²) in [4.78, 5) is 24.9. The molecule has 0 aromatic heterocycles. The van der Waals surface area contributed by atoms with E-state index in [0.29, 0.717) is 32.8 Å². The number of carbonyl (C=O) groups is 2. The van der Waals surface area contributed by atoms with Crippen molar-refractivity contribution < 1.29 is 19.1 Å². The summed E-state index contributed by atoms with van der Waals surface area (Å²) in [6.07, 6.45) is 2.84. The first-order chi connectivity index (χ1) is 17.4. The molecule has 0 unspecified atom stereocenters. The van der Waals surface area contributed by atoms with Gasteiger partial charge in [0.15, 0.2) is 11.5 Å². The Morgan fingerprint density at radius 2 is 1.64 bits per heavy atom. The molecule has 3 aromatic carbocycles. The Bertz CT molecular complexity index is 1260. The molecule has 0 bridgehead atoms. The number of para-hydroxylation sites is 2. The summed E-state index contributed by atoms with van der Waals surface area (Å²) in [6.45, 7) is 4.18. The molecule has 0 fully saturated rings. The maximum atomic E-state index is 12.5. The molecule has 3 aromatic rings. The van der Waals surface area contributed by atoms with Gasteiger partial charge in [0.2, 0.25) is 0 Å². The number of hydrazone groups is 1. The van der Waals surface area contributed by atoms with Crippen molar-refractivity contribution in [3.8, 4) is 11.5 Å². The molecule has 7 nitrogen and oxygen atoms in total. The molecule has 0 saturated carbocycles. The second kappa shape index (κ2) is 13.0. The number of rotatable bonds is 9. The van der Waals surface area contributed by atoms with Gasteiger partial charge >= 0.3 is 11.8 Å². The molecule has 0 aliphatic heterocycles. The van der Waals surface area contributed by atoms with Gasteiger partial charge in [-0.05, 0) is 53.8 Å². The minimum Gasteiger partial charge on any atom is -0.493 e. The number of hydrogen-bond donors (Lipinski definition) is 2. The minimum atomic E-state index is -0.889. The molecule has 2 amide bonds. The van der Waals surface area contributed by atoms with Gasteiger partial charge in [0.25, 0.3) is 0 Å². The van der Waals surface area contributed by atoms with Crippen LogP contribution in [0.25, 0.3) is 0 Å². The first-order valence-corrected chi connectivity index (χ1v) is 12.1. The molecular formula is C27H27Cl2N3O4. The first-order valence-electron chi connectivity index (χ1n) is 11.4. The minimum absolute atomic E-state index is 0.198. The fourth-order valence-corrected chi connectivity index (χ4v) is 3.84. The zero-order valence-corrected chi connectivity index (χ0v) is 21.7. The highest BCUT2D eigenvalue weighted by atomic mass is 35.5. The van der Waals surface area contributed by atoms with Gasteiger partial charge in [-0.3, -0.25) is 9.59 Å². The normalized spacial score (nSPS) is 10.8. The van der Waals surface area contributed by atoms with Crippen LogP contribution in [0.2, 0.25) is 10.0 Å². The molecule has 0 spiro atoms. The van der Waals surface area contributed by atoms with Crippen molar-refractivity contribution in [3.05, 3.63) is 86.9 Å². The highest BCUT2D eigenvalue weighted by molar-refractivity contribution is 6.42. The lowest BCUT2D eigenvalue weighted by atomic mass is 10.0. The van der Waals surface area contributed by atoms with Crippen molar-refractivity contribution in [1.82, 2.24) is 5.43 Å². The lowest BCUT2D eigenvalue weighted by Gasteiger charge is -2.14. The Morgan fingerprint density at radius 3 is 2.28 bits per heavy atom. The van der Waals surface area contributed by atoms with E-state index in [9.17, 15) is 9.59 Å². The fourth-order valence-electron chi connectivity index (χ4n) is 3.52. The average molecular weight is 528 g/mol. The van der Waals surface area contributed by atoms with Crippen molar-refractivity contribution in [2.24, 2.45) is 5.10 Å². The van der Waals surface area contributed by atoms with Crippen LogP contribution < -0.4 is 20.2 Å². The van der Waals surface area contributed by atoms with Gasteiger partial charge in [0.1, 0.15) is 6.61 Å². The van der Waals surface area contributed by atoms with Crippen molar-refractivity contribution in [1.29, 1.82) is 0 Å². The third-order valence-corrected chi connectivity index (χ3v) is 6.15. The fraction of sp³-hybridized carbons (Fsp3) is 0.222. The van der Waals surface area contributed by atoms with E-state index in [1.807, 2.05) is 32.0 Å². The number of ether oxygens (including phenoxy) is 2. The van der Waals surface area contributed by atoms with E-state index < -0.39 is 11.8 Å². The van der Waals surface area contributed by atoms with E-state index in [1.165, 1.54) is 13.3 Å². The quantitative estimate of drug-likeness (QED) is 0.209. The molecule has 9 heteroatoms. The van der Waals surface area contributed by atoms with Crippen molar-refractivity contribution in [2.75, 3.05) is 12.4 Å². The number of methoxy groups -OCH3 is 1. The van der Waals surface area contributed by atoms with Gasteiger partial charge in [0, 0.05) is 11.3 Å². The second-order valence-electron chi connectivity index (χ2n) is 7.73. The monoisotopic (exact) mass is 527 g/mol. The van der Waals surface area contributed by atoms with Crippen molar-refractivity contribution >= 4 is 46.9 Å². The molecule has 0 heterocycles. The first kappa shape index (κ1) is 27.0. The smallest absolute Gasteiger partial charge is 0.329 e. The SMILES string of the molecule is CCc1cccc(CC)c1NC(=O)C(=O)N/N=C\c1cccc(OC)c1OCc1ccc(Cl)c(Cl)c1. The topological polar surface area (TPSA) is 89.0 Å². The molecule has 36 heavy (non-hydrogen) atoms. The molecule has 0 aliphatic rings. The van der Waals surface area contributed by atoms with Crippen LogP contribution in [0.15, 0.2) is 59.7 Å². The summed E-state index contributed by atoms with van der Waals surface area (Å²) >= 11 is 12.1. The van der Waals surface area contributed by atoms with E-state index in [1.54, 1.807) is 36.4 Å². The maximum absolute atomic E-state index is 12.5. The molecule has 188 valence electrons. The van der Waals surface area contributed by atoms with Crippen LogP contribution in [0.3, 0.4) is 0 Å². The molecule has 0 saturated heterocycles. The molecule has 0 atom stereocenters. The average Bonchev–Trinajstić information content (AvgIpc) is 2.89. The predicted octanol–water partition coefficient (Wildman–Crippen LogP) is 5.79. The lowest BCUT2D eigenvalue weighted by Crippen LogP contribution is -2.33. The third-order valence-electron chi connectivity index (χ3n) is 5.41. The zero-order chi connectivity index (χ0) is 26.1. The Hall–Kier alpha value is -3.55. The second-order valence-corrected chi connectivity index (χ2v) is 8.54. The summed E-state index contributed by atoms with van der Waals surface area (Å²) < 4.78 is 11.4. The number of benzene rings is 3. The lowest BCUT2D eigenvalue weighted by molar-refractivity contribution is -0.136. The number of anilines is 1. The largest absolute Gasteiger partial charge is 0.493 e. The third kappa shape index (κ3) is 6.77. The van der Waals surface area contributed by atoms with Crippen LogP contribution in [0.1, 0.15) is 36.1 Å². The number of nitrogens with one attached hydrogen (secondary N) is 2. The Morgan fingerprint density at radius 1 is 0.944 bits per heavy atom. The number of carbonyl (C=O) groups excluding carboxylic acids is 2. The van der Waals surface area contributed by atoms with Gasteiger partial charge in [-0.2, -0.15) is 5.10 Å². The van der Waals surface area contributed by atoms with E-state index in [0.717, 1.165) is 29.5 Å². The van der Waals surface area contributed by atoms with E-state index in [2.05, 4.69) is 15.8 Å². The number of halogens is 2. The van der Waals surface area contributed by atoms with Crippen LogP contribution in [-0.2, 0) is 29.0 Å². The van der Waals surface area contributed by atoms with Crippen LogP contribution >= 0.6 is 23.2 Å². The van der Waals surface area contributed by atoms with E-state index in [-0.39, 0.29) is 6.61 Å². The highest BCUT2D eigenvalue weighted by Crippen LogP contribution is 2.31. The molecule has 0 aliphatic carbocycles. The number of hydrogen-bond acceptors (Lipinski definition) is 5. The Kier molecular flexibility index (Phi) is 9.73. The standard InChI is InChI=1S/C27H27Cl2N3O4/c1-4-18-8-6-9-19(5-2)24(18)31-26(33)27(34)32-30-15-20-10-7-11-23(35-3)25(20)36-16-17-12-13-21(28)22(29)14-17/h6-15H,4-5,16H2,1-3H3,(H,31,33)(H,32,34)/b30-15-.